The topological polar surface area (TPSA) is 58.2 Å². The van der Waals surface area contributed by atoms with E-state index in [1.165, 1.54) is 5.56 Å². The van der Waals surface area contributed by atoms with Crippen LogP contribution in [0.1, 0.15) is 5.56 Å². The van der Waals surface area contributed by atoms with E-state index < -0.39 is 10.0 Å². The highest BCUT2D eigenvalue weighted by Gasteiger charge is 2.01. The van der Waals surface area contributed by atoms with Gasteiger partial charge in [-0.2, -0.15) is 0 Å². The zero-order valence-electron chi connectivity index (χ0n) is 10.8. The zero-order valence-corrected chi connectivity index (χ0v) is 11.7. The summed E-state index contributed by atoms with van der Waals surface area (Å²) < 4.78 is 24.6. The second-order valence-electron chi connectivity index (χ2n) is 4.45. The summed E-state index contributed by atoms with van der Waals surface area (Å²) in [6.07, 6.45) is 1.13. The van der Waals surface area contributed by atoms with Gasteiger partial charge in [0.2, 0.25) is 10.0 Å². The summed E-state index contributed by atoms with van der Waals surface area (Å²) in [7, 11) is -3.22. The molecule has 2 rings (SSSR count). The van der Waals surface area contributed by atoms with Gasteiger partial charge in [-0.15, -0.1) is 0 Å². The first kappa shape index (κ1) is 13.4. The first-order chi connectivity index (χ1) is 8.92. The van der Waals surface area contributed by atoms with Gasteiger partial charge in [0.05, 0.1) is 6.26 Å². The Morgan fingerprint density at radius 1 is 0.895 bits per heavy atom. The maximum atomic E-state index is 11.1. The summed E-state index contributed by atoms with van der Waals surface area (Å²) in [5.41, 5.74) is 3.64. The molecule has 0 bridgehead atoms. The van der Waals surface area contributed by atoms with Crippen molar-refractivity contribution in [3.63, 3.8) is 0 Å². The van der Waals surface area contributed by atoms with Crippen LogP contribution in [0.25, 0.3) is 0 Å². The molecule has 0 radical (unpaired) electrons. The molecule has 0 spiro atoms. The molecule has 0 aliphatic heterocycles. The number of hydrogen-bond acceptors (Lipinski definition) is 3. The Balaban J connectivity index is 2.11. The molecule has 0 saturated carbocycles. The van der Waals surface area contributed by atoms with Crippen molar-refractivity contribution < 1.29 is 8.42 Å². The van der Waals surface area contributed by atoms with E-state index in [2.05, 4.69) is 10.0 Å². The number of sulfonamides is 1. The van der Waals surface area contributed by atoms with Gasteiger partial charge in [-0.05, 0) is 48.9 Å². The molecule has 0 aliphatic rings. The molecule has 0 fully saturated rings. The molecule has 2 aromatic rings. The average molecular weight is 276 g/mol. The summed E-state index contributed by atoms with van der Waals surface area (Å²) in [4.78, 5) is 0. The van der Waals surface area contributed by atoms with E-state index in [0.717, 1.165) is 17.6 Å². The molecule has 4 nitrogen and oxygen atoms in total. The van der Waals surface area contributed by atoms with E-state index >= 15 is 0 Å². The molecule has 100 valence electrons. The van der Waals surface area contributed by atoms with Gasteiger partial charge in [-0.3, -0.25) is 4.72 Å². The Kier molecular flexibility index (Phi) is 3.76. The maximum Gasteiger partial charge on any atom is 0.229 e. The van der Waals surface area contributed by atoms with Crippen LogP contribution in [0, 0.1) is 6.92 Å². The fourth-order valence-corrected chi connectivity index (χ4v) is 2.29. The Morgan fingerprint density at radius 2 is 1.53 bits per heavy atom. The summed E-state index contributed by atoms with van der Waals surface area (Å²) >= 11 is 0. The van der Waals surface area contributed by atoms with Crippen LogP contribution in [0.2, 0.25) is 0 Å². The lowest BCUT2D eigenvalue weighted by molar-refractivity contribution is 0.607. The fourth-order valence-electron chi connectivity index (χ4n) is 1.73. The van der Waals surface area contributed by atoms with Gasteiger partial charge in [-0.1, -0.05) is 12.1 Å². The van der Waals surface area contributed by atoms with Crippen LogP contribution >= 0.6 is 0 Å². The lowest BCUT2D eigenvalue weighted by Crippen LogP contribution is -2.09. The minimum absolute atomic E-state index is 0.553. The molecule has 2 aromatic carbocycles. The van der Waals surface area contributed by atoms with Crippen molar-refractivity contribution in [1.29, 1.82) is 0 Å². The van der Waals surface area contributed by atoms with Crippen molar-refractivity contribution in [2.45, 2.75) is 6.92 Å². The summed E-state index contributed by atoms with van der Waals surface area (Å²) in [5, 5.41) is 3.26. The van der Waals surface area contributed by atoms with Crippen LogP contribution in [0.15, 0.2) is 48.5 Å². The number of aryl methyl sites for hydroxylation is 1. The molecule has 19 heavy (non-hydrogen) atoms. The van der Waals surface area contributed by atoms with Gasteiger partial charge in [-0.25, -0.2) is 8.42 Å². The third kappa shape index (κ3) is 4.30. The second-order valence-corrected chi connectivity index (χ2v) is 6.19. The minimum Gasteiger partial charge on any atom is -0.356 e. The SMILES string of the molecule is Cc1cccc(Nc2ccc(NS(C)(=O)=O)cc2)c1. The van der Waals surface area contributed by atoms with Gasteiger partial charge in [0, 0.05) is 17.1 Å². The summed E-state index contributed by atoms with van der Waals surface area (Å²) in [6, 6.07) is 15.1. The molecule has 0 heterocycles. The Bertz CT molecular complexity index is 664. The molecule has 0 saturated heterocycles. The predicted molar refractivity (Wildman–Crippen MR) is 79.4 cm³/mol. The lowest BCUT2D eigenvalue weighted by Gasteiger charge is -2.08. The Labute approximate surface area is 113 Å². The zero-order chi connectivity index (χ0) is 13.9. The van der Waals surface area contributed by atoms with Gasteiger partial charge in [0.25, 0.3) is 0 Å². The van der Waals surface area contributed by atoms with Crippen LogP contribution in [-0.4, -0.2) is 14.7 Å². The van der Waals surface area contributed by atoms with Gasteiger partial charge >= 0.3 is 0 Å². The van der Waals surface area contributed by atoms with E-state index in [-0.39, 0.29) is 0 Å². The van der Waals surface area contributed by atoms with Crippen molar-refractivity contribution >= 4 is 27.1 Å². The monoisotopic (exact) mass is 276 g/mol. The molecule has 5 heteroatoms. The average Bonchev–Trinajstić information content (AvgIpc) is 2.30. The van der Waals surface area contributed by atoms with Crippen LogP contribution < -0.4 is 10.0 Å². The van der Waals surface area contributed by atoms with E-state index in [1.54, 1.807) is 12.1 Å². The summed E-state index contributed by atoms with van der Waals surface area (Å²) in [5.74, 6) is 0. The van der Waals surface area contributed by atoms with Gasteiger partial charge in [0.1, 0.15) is 0 Å². The standard InChI is InChI=1S/C14H16N2O2S/c1-11-4-3-5-14(10-11)15-12-6-8-13(9-7-12)16-19(2,17)18/h3-10,15-16H,1-2H3. The van der Waals surface area contributed by atoms with E-state index in [4.69, 9.17) is 0 Å². The van der Waals surface area contributed by atoms with E-state index in [1.807, 2.05) is 43.3 Å². The number of benzene rings is 2. The van der Waals surface area contributed by atoms with Crippen LogP contribution in [0.4, 0.5) is 17.1 Å². The van der Waals surface area contributed by atoms with Crippen molar-refractivity contribution in [3.8, 4) is 0 Å². The smallest absolute Gasteiger partial charge is 0.229 e. The number of anilines is 3. The highest BCUT2D eigenvalue weighted by atomic mass is 32.2. The van der Waals surface area contributed by atoms with Crippen molar-refractivity contribution in [2.24, 2.45) is 0 Å². The first-order valence-electron chi connectivity index (χ1n) is 5.84. The lowest BCUT2D eigenvalue weighted by atomic mass is 10.2. The molecular weight excluding hydrogens is 260 g/mol. The molecule has 0 amide bonds. The van der Waals surface area contributed by atoms with Gasteiger partial charge < -0.3 is 5.32 Å². The molecule has 2 N–H and O–H groups in total. The summed E-state index contributed by atoms with van der Waals surface area (Å²) in [6.45, 7) is 2.03. The van der Waals surface area contributed by atoms with Crippen LogP contribution in [0.3, 0.4) is 0 Å². The number of hydrogen-bond donors (Lipinski definition) is 2. The largest absolute Gasteiger partial charge is 0.356 e. The van der Waals surface area contributed by atoms with Crippen molar-refractivity contribution in [2.75, 3.05) is 16.3 Å². The quantitative estimate of drug-likeness (QED) is 0.902. The highest BCUT2D eigenvalue weighted by molar-refractivity contribution is 7.92. The molecule has 0 aromatic heterocycles. The van der Waals surface area contributed by atoms with Crippen LogP contribution in [0.5, 0.6) is 0 Å². The third-order valence-corrected chi connectivity index (χ3v) is 3.10. The number of rotatable bonds is 4. The van der Waals surface area contributed by atoms with Crippen molar-refractivity contribution in [3.05, 3.63) is 54.1 Å². The molecular formula is C14H16N2O2S. The first-order valence-corrected chi connectivity index (χ1v) is 7.73. The van der Waals surface area contributed by atoms with Crippen LogP contribution in [-0.2, 0) is 10.0 Å². The molecule has 0 atom stereocenters. The Hall–Kier alpha value is -2.01. The van der Waals surface area contributed by atoms with E-state index in [9.17, 15) is 8.42 Å². The highest BCUT2D eigenvalue weighted by Crippen LogP contribution is 2.19. The third-order valence-electron chi connectivity index (χ3n) is 2.49. The normalized spacial score (nSPS) is 11.1. The molecule has 0 unspecified atom stereocenters. The van der Waals surface area contributed by atoms with Gasteiger partial charge in [0.15, 0.2) is 0 Å². The maximum absolute atomic E-state index is 11.1. The van der Waals surface area contributed by atoms with Crippen molar-refractivity contribution in [1.82, 2.24) is 0 Å². The predicted octanol–water partition coefficient (Wildman–Crippen LogP) is 3.11. The second kappa shape index (κ2) is 5.32. The van der Waals surface area contributed by atoms with E-state index in [0.29, 0.717) is 5.69 Å². The fraction of sp³-hybridized carbons (Fsp3) is 0.143. The minimum atomic E-state index is -3.22. The molecule has 0 aliphatic carbocycles. The Morgan fingerprint density at radius 3 is 2.11 bits per heavy atom. The number of nitrogens with one attached hydrogen (secondary N) is 2.